The fourth-order valence-electron chi connectivity index (χ4n) is 2.07. The molecule has 0 aliphatic heterocycles. The van der Waals surface area contributed by atoms with Gasteiger partial charge in [0.2, 0.25) is 0 Å². The van der Waals surface area contributed by atoms with Crippen LogP contribution in [-0.4, -0.2) is 15.8 Å². The van der Waals surface area contributed by atoms with Crippen LogP contribution in [0.25, 0.3) is 11.1 Å². The summed E-state index contributed by atoms with van der Waals surface area (Å²) in [5.41, 5.74) is 4.48. The van der Waals surface area contributed by atoms with Crippen LogP contribution in [-0.2, 0) is 13.6 Å². The Morgan fingerprint density at radius 1 is 1.37 bits per heavy atom. The van der Waals surface area contributed by atoms with Gasteiger partial charge in [-0.3, -0.25) is 4.68 Å². The highest BCUT2D eigenvalue weighted by atomic mass is 35.5. The van der Waals surface area contributed by atoms with Gasteiger partial charge in [-0.1, -0.05) is 31.5 Å². The second-order valence-electron chi connectivity index (χ2n) is 5.14. The molecule has 0 bridgehead atoms. The maximum atomic E-state index is 6.25. The van der Waals surface area contributed by atoms with Crippen molar-refractivity contribution in [1.29, 1.82) is 0 Å². The van der Waals surface area contributed by atoms with E-state index < -0.39 is 0 Å². The van der Waals surface area contributed by atoms with Crippen molar-refractivity contribution >= 4 is 11.6 Å². The molecule has 0 radical (unpaired) electrons. The van der Waals surface area contributed by atoms with E-state index in [2.05, 4.69) is 30.3 Å². The van der Waals surface area contributed by atoms with Crippen LogP contribution >= 0.6 is 11.6 Å². The SMILES string of the molecule is Cc1nn(C)cc1-c1ccc(Cl)c(CNC(C)C)c1. The summed E-state index contributed by atoms with van der Waals surface area (Å²) in [5, 5.41) is 8.58. The molecule has 0 saturated heterocycles. The van der Waals surface area contributed by atoms with Gasteiger partial charge in [-0.05, 0) is 30.2 Å². The minimum absolute atomic E-state index is 0.444. The van der Waals surface area contributed by atoms with E-state index in [9.17, 15) is 0 Å². The van der Waals surface area contributed by atoms with Crippen LogP contribution < -0.4 is 5.32 Å². The Morgan fingerprint density at radius 2 is 2.11 bits per heavy atom. The third kappa shape index (κ3) is 3.37. The van der Waals surface area contributed by atoms with Gasteiger partial charge in [0.1, 0.15) is 0 Å². The Morgan fingerprint density at radius 3 is 2.68 bits per heavy atom. The fourth-order valence-corrected chi connectivity index (χ4v) is 2.26. The van der Waals surface area contributed by atoms with E-state index in [4.69, 9.17) is 11.6 Å². The fraction of sp³-hybridized carbons (Fsp3) is 0.400. The standard InChI is InChI=1S/C15H20ClN3/c1-10(2)17-8-13-7-12(5-6-15(13)16)14-9-19(4)18-11(14)3/h5-7,9-10,17H,8H2,1-4H3. The third-order valence-electron chi connectivity index (χ3n) is 3.07. The molecule has 0 aliphatic carbocycles. The molecule has 2 rings (SSSR count). The second kappa shape index (κ2) is 5.76. The van der Waals surface area contributed by atoms with E-state index in [-0.39, 0.29) is 0 Å². The number of aromatic nitrogens is 2. The summed E-state index contributed by atoms with van der Waals surface area (Å²) in [5.74, 6) is 0. The molecule has 2 aromatic rings. The lowest BCUT2D eigenvalue weighted by atomic mass is 10.0. The number of benzene rings is 1. The summed E-state index contributed by atoms with van der Waals surface area (Å²) in [4.78, 5) is 0. The van der Waals surface area contributed by atoms with Gasteiger partial charge in [0.25, 0.3) is 0 Å². The molecule has 0 spiro atoms. The van der Waals surface area contributed by atoms with Crippen LogP contribution in [0.4, 0.5) is 0 Å². The van der Waals surface area contributed by atoms with Gasteiger partial charge < -0.3 is 5.32 Å². The van der Waals surface area contributed by atoms with Gasteiger partial charge in [0, 0.05) is 36.4 Å². The highest BCUT2D eigenvalue weighted by Crippen LogP contribution is 2.27. The van der Waals surface area contributed by atoms with E-state index in [1.165, 1.54) is 0 Å². The van der Waals surface area contributed by atoms with E-state index in [0.29, 0.717) is 6.04 Å². The normalized spacial score (nSPS) is 11.3. The summed E-state index contributed by atoms with van der Waals surface area (Å²) in [7, 11) is 1.94. The molecule has 0 aliphatic rings. The van der Waals surface area contributed by atoms with E-state index in [1.807, 2.05) is 37.0 Å². The van der Waals surface area contributed by atoms with Crippen LogP contribution in [0.3, 0.4) is 0 Å². The molecule has 0 unspecified atom stereocenters. The summed E-state index contributed by atoms with van der Waals surface area (Å²) in [6.45, 7) is 7.06. The number of nitrogens with zero attached hydrogens (tertiary/aromatic N) is 2. The van der Waals surface area contributed by atoms with E-state index in [1.54, 1.807) is 0 Å². The quantitative estimate of drug-likeness (QED) is 0.926. The summed E-state index contributed by atoms with van der Waals surface area (Å²) in [6, 6.07) is 6.59. The van der Waals surface area contributed by atoms with Crippen LogP contribution in [0.15, 0.2) is 24.4 Å². The van der Waals surface area contributed by atoms with Crippen LogP contribution in [0, 0.1) is 6.92 Å². The monoisotopic (exact) mass is 277 g/mol. The molecule has 4 heteroatoms. The first-order valence-electron chi connectivity index (χ1n) is 6.50. The molecule has 0 saturated carbocycles. The average molecular weight is 278 g/mol. The molecule has 1 aromatic heterocycles. The van der Waals surface area contributed by atoms with Crippen molar-refractivity contribution in [2.75, 3.05) is 0 Å². The second-order valence-corrected chi connectivity index (χ2v) is 5.55. The topological polar surface area (TPSA) is 29.9 Å². The summed E-state index contributed by atoms with van der Waals surface area (Å²) >= 11 is 6.25. The van der Waals surface area contributed by atoms with Gasteiger partial charge in [0.05, 0.1) is 5.69 Å². The minimum atomic E-state index is 0.444. The van der Waals surface area contributed by atoms with Gasteiger partial charge >= 0.3 is 0 Å². The third-order valence-corrected chi connectivity index (χ3v) is 3.44. The Hall–Kier alpha value is -1.32. The molecular weight excluding hydrogens is 258 g/mol. The molecule has 3 nitrogen and oxygen atoms in total. The first-order chi connectivity index (χ1) is 8.97. The molecule has 0 atom stereocenters. The number of halogens is 1. The molecule has 19 heavy (non-hydrogen) atoms. The predicted octanol–water partition coefficient (Wildman–Crippen LogP) is 3.55. The maximum Gasteiger partial charge on any atom is 0.0671 e. The zero-order valence-electron chi connectivity index (χ0n) is 11.9. The van der Waals surface area contributed by atoms with Crippen molar-refractivity contribution in [3.05, 3.63) is 40.7 Å². The maximum absolute atomic E-state index is 6.25. The molecular formula is C15H20ClN3. The van der Waals surface area contributed by atoms with Crippen molar-refractivity contribution in [1.82, 2.24) is 15.1 Å². The molecule has 1 heterocycles. The number of hydrogen-bond acceptors (Lipinski definition) is 2. The van der Waals surface area contributed by atoms with Crippen LogP contribution in [0.2, 0.25) is 5.02 Å². The number of nitrogens with one attached hydrogen (secondary N) is 1. The lowest BCUT2D eigenvalue weighted by molar-refractivity contribution is 0.589. The number of rotatable bonds is 4. The van der Waals surface area contributed by atoms with Gasteiger partial charge in [-0.2, -0.15) is 5.10 Å². The van der Waals surface area contributed by atoms with Crippen molar-refractivity contribution in [3.8, 4) is 11.1 Å². The molecule has 0 amide bonds. The largest absolute Gasteiger partial charge is 0.310 e. The zero-order chi connectivity index (χ0) is 14.0. The first-order valence-corrected chi connectivity index (χ1v) is 6.87. The van der Waals surface area contributed by atoms with Crippen molar-refractivity contribution in [2.24, 2.45) is 7.05 Å². The Bertz CT molecular complexity index is 573. The molecule has 102 valence electrons. The summed E-state index contributed by atoms with van der Waals surface area (Å²) < 4.78 is 1.84. The summed E-state index contributed by atoms with van der Waals surface area (Å²) in [6.07, 6.45) is 2.04. The lowest BCUT2D eigenvalue weighted by Gasteiger charge is -2.11. The van der Waals surface area contributed by atoms with Crippen LogP contribution in [0.1, 0.15) is 25.1 Å². The lowest BCUT2D eigenvalue weighted by Crippen LogP contribution is -2.21. The van der Waals surface area contributed by atoms with Crippen molar-refractivity contribution < 1.29 is 0 Å². The Balaban J connectivity index is 2.32. The number of hydrogen-bond donors (Lipinski definition) is 1. The van der Waals surface area contributed by atoms with Crippen molar-refractivity contribution in [2.45, 2.75) is 33.4 Å². The van der Waals surface area contributed by atoms with E-state index in [0.717, 1.165) is 34.0 Å². The minimum Gasteiger partial charge on any atom is -0.310 e. The molecule has 1 aromatic carbocycles. The smallest absolute Gasteiger partial charge is 0.0671 e. The predicted molar refractivity (Wildman–Crippen MR) is 80.4 cm³/mol. The van der Waals surface area contributed by atoms with E-state index >= 15 is 0 Å². The zero-order valence-corrected chi connectivity index (χ0v) is 12.6. The van der Waals surface area contributed by atoms with Gasteiger partial charge in [-0.25, -0.2) is 0 Å². The van der Waals surface area contributed by atoms with Crippen LogP contribution in [0.5, 0.6) is 0 Å². The molecule has 0 fully saturated rings. The number of aryl methyl sites for hydroxylation is 2. The van der Waals surface area contributed by atoms with Crippen molar-refractivity contribution in [3.63, 3.8) is 0 Å². The van der Waals surface area contributed by atoms with Gasteiger partial charge in [-0.15, -0.1) is 0 Å². The Labute approximate surface area is 119 Å². The van der Waals surface area contributed by atoms with Gasteiger partial charge in [0.15, 0.2) is 0 Å². The highest BCUT2D eigenvalue weighted by Gasteiger charge is 2.09. The average Bonchev–Trinajstić information content (AvgIpc) is 2.67. The molecule has 1 N–H and O–H groups in total. The Kier molecular flexibility index (Phi) is 4.27. The first kappa shape index (κ1) is 14.1. The highest BCUT2D eigenvalue weighted by molar-refractivity contribution is 6.31.